The van der Waals surface area contributed by atoms with E-state index in [1.165, 1.54) is 32.4 Å². The summed E-state index contributed by atoms with van der Waals surface area (Å²) in [6, 6.07) is 6.92. The summed E-state index contributed by atoms with van der Waals surface area (Å²) in [5.41, 5.74) is -0.761. The van der Waals surface area contributed by atoms with Crippen molar-refractivity contribution in [2.24, 2.45) is 0 Å². The Morgan fingerprint density at radius 2 is 1.83 bits per heavy atom. The fourth-order valence-electron chi connectivity index (χ4n) is 2.32. The highest BCUT2D eigenvalue weighted by molar-refractivity contribution is 7.89. The molecule has 0 spiro atoms. The Morgan fingerprint density at radius 1 is 1.14 bits per heavy atom. The van der Waals surface area contributed by atoms with Crippen molar-refractivity contribution in [3.63, 3.8) is 0 Å². The number of carbonyl (C=O) groups is 1. The fourth-order valence-corrected chi connectivity index (χ4v) is 3.37. The number of nitro benzene ring substituents is 1. The van der Waals surface area contributed by atoms with Gasteiger partial charge in [0.15, 0.2) is 11.5 Å². The minimum absolute atomic E-state index is 0.0193. The van der Waals surface area contributed by atoms with Gasteiger partial charge in [-0.1, -0.05) is 0 Å². The van der Waals surface area contributed by atoms with Crippen LogP contribution in [0.15, 0.2) is 41.3 Å². The normalized spacial score (nSPS) is 11.0. The Balaban J connectivity index is 1.97. The summed E-state index contributed by atoms with van der Waals surface area (Å²) in [7, 11) is -1.13. The summed E-state index contributed by atoms with van der Waals surface area (Å²) in [5.74, 6) is -1.05. The number of nitro groups is 1. The van der Waals surface area contributed by atoms with Gasteiger partial charge in [0.1, 0.15) is 0 Å². The first-order valence-corrected chi connectivity index (χ1v) is 9.61. The molecule has 0 saturated carbocycles. The van der Waals surface area contributed by atoms with Crippen LogP contribution in [0.3, 0.4) is 0 Å². The lowest BCUT2D eigenvalue weighted by atomic mass is 10.2. The van der Waals surface area contributed by atoms with Crippen LogP contribution in [0, 0.1) is 15.9 Å². The molecule has 2 aromatic rings. The summed E-state index contributed by atoms with van der Waals surface area (Å²) in [4.78, 5) is 21.7. The van der Waals surface area contributed by atoms with Crippen LogP contribution in [-0.2, 0) is 14.8 Å². The first-order chi connectivity index (χ1) is 13.7. The highest BCUT2D eigenvalue weighted by atomic mass is 32.2. The van der Waals surface area contributed by atoms with Crippen LogP contribution in [0.25, 0.3) is 0 Å². The predicted octanol–water partition coefficient (Wildman–Crippen LogP) is 2.06. The molecule has 2 aromatic carbocycles. The molecule has 156 valence electrons. The van der Waals surface area contributed by atoms with E-state index in [1.54, 1.807) is 0 Å². The second-order valence-corrected chi connectivity index (χ2v) is 7.40. The van der Waals surface area contributed by atoms with E-state index >= 15 is 0 Å². The number of benzene rings is 2. The first kappa shape index (κ1) is 22.0. The van der Waals surface area contributed by atoms with Crippen molar-refractivity contribution in [2.75, 3.05) is 26.1 Å². The highest BCUT2D eigenvalue weighted by Crippen LogP contribution is 2.29. The summed E-state index contributed by atoms with van der Waals surface area (Å²) in [6.45, 7) is -0.230. The van der Waals surface area contributed by atoms with Gasteiger partial charge in [-0.05, 0) is 24.3 Å². The molecule has 0 aliphatic rings. The number of carbonyl (C=O) groups excluding carboxylic acids is 1. The van der Waals surface area contributed by atoms with E-state index in [-0.39, 0.29) is 29.3 Å². The molecule has 0 bridgehead atoms. The van der Waals surface area contributed by atoms with Crippen LogP contribution in [0.2, 0.25) is 0 Å². The van der Waals surface area contributed by atoms with Gasteiger partial charge >= 0.3 is 5.69 Å². The van der Waals surface area contributed by atoms with Crippen LogP contribution in [-0.4, -0.2) is 40.0 Å². The molecule has 2 rings (SSSR count). The molecule has 0 heterocycles. The lowest BCUT2D eigenvalue weighted by molar-refractivity contribution is -0.387. The molecule has 0 aromatic heterocycles. The van der Waals surface area contributed by atoms with E-state index in [2.05, 4.69) is 10.0 Å². The molecule has 12 heteroatoms. The van der Waals surface area contributed by atoms with E-state index in [0.29, 0.717) is 5.75 Å². The molecule has 29 heavy (non-hydrogen) atoms. The van der Waals surface area contributed by atoms with Crippen LogP contribution < -0.4 is 19.5 Å². The summed E-state index contributed by atoms with van der Waals surface area (Å²) in [6.07, 6.45) is -0.252. The van der Waals surface area contributed by atoms with Crippen molar-refractivity contribution in [3.05, 3.63) is 52.3 Å². The van der Waals surface area contributed by atoms with E-state index in [9.17, 15) is 27.7 Å². The van der Waals surface area contributed by atoms with Gasteiger partial charge < -0.3 is 14.8 Å². The summed E-state index contributed by atoms with van der Waals surface area (Å²) < 4.78 is 50.4. The van der Waals surface area contributed by atoms with E-state index in [4.69, 9.17) is 9.47 Å². The maximum atomic E-state index is 13.3. The maximum Gasteiger partial charge on any atom is 0.306 e. The number of nitrogens with zero attached hydrogens (tertiary/aromatic N) is 1. The monoisotopic (exact) mass is 427 g/mol. The van der Waals surface area contributed by atoms with Gasteiger partial charge in [-0.15, -0.1) is 0 Å². The number of amides is 1. The lowest BCUT2D eigenvalue weighted by Crippen LogP contribution is -2.27. The van der Waals surface area contributed by atoms with Gasteiger partial charge in [0, 0.05) is 30.8 Å². The standard InChI is InChI=1S/C17H18FN3O7S/c1-27-15-6-4-12(10-16(15)28-2)29(25,26)19-8-7-17(22)20-11-3-5-13(18)14(9-11)21(23)24/h3-6,9-10,19H,7-8H2,1-2H3,(H,20,22). The zero-order valence-corrected chi connectivity index (χ0v) is 16.3. The number of halogens is 1. The third-order valence-electron chi connectivity index (χ3n) is 3.74. The molecule has 1 amide bonds. The molecule has 0 aliphatic carbocycles. The van der Waals surface area contributed by atoms with Gasteiger partial charge in [0.2, 0.25) is 21.7 Å². The average Bonchev–Trinajstić information content (AvgIpc) is 2.68. The van der Waals surface area contributed by atoms with Gasteiger partial charge in [-0.2, -0.15) is 4.39 Å². The zero-order chi connectivity index (χ0) is 21.6. The molecular formula is C17H18FN3O7S. The molecule has 0 saturated heterocycles. The summed E-state index contributed by atoms with van der Waals surface area (Å²) in [5, 5.41) is 13.1. The molecule has 0 fully saturated rings. The van der Waals surface area contributed by atoms with Crippen LogP contribution in [0.1, 0.15) is 6.42 Å². The largest absolute Gasteiger partial charge is 0.493 e. The highest BCUT2D eigenvalue weighted by Gasteiger charge is 2.18. The number of methoxy groups -OCH3 is 2. The molecule has 2 N–H and O–H groups in total. The maximum absolute atomic E-state index is 13.3. The number of ether oxygens (including phenoxy) is 2. The van der Waals surface area contributed by atoms with Crippen molar-refractivity contribution in [3.8, 4) is 11.5 Å². The van der Waals surface area contributed by atoms with Crippen LogP contribution in [0.4, 0.5) is 15.8 Å². The van der Waals surface area contributed by atoms with Gasteiger partial charge in [-0.3, -0.25) is 14.9 Å². The SMILES string of the molecule is COc1ccc(S(=O)(=O)NCCC(=O)Nc2ccc(F)c([N+](=O)[O-])c2)cc1OC. The smallest absolute Gasteiger partial charge is 0.306 e. The minimum Gasteiger partial charge on any atom is -0.493 e. The van der Waals surface area contributed by atoms with Crippen molar-refractivity contribution in [2.45, 2.75) is 11.3 Å². The molecule has 0 unspecified atom stereocenters. The molecule has 10 nitrogen and oxygen atoms in total. The Kier molecular flexibility index (Phi) is 7.07. The van der Waals surface area contributed by atoms with Crippen molar-refractivity contribution < 1.29 is 32.0 Å². The second kappa shape index (κ2) is 9.30. The average molecular weight is 427 g/mol. The third kappa shape index (κ3) is 5.62. The molecule has 0 radical (unpaired) electrons. The topological polar surface area (TPSA) is 137 Å². The Morgan fingerprint density at radius 3 is 2.45 bits per heavy atom. The van der Waals surface area contributed by atoms with Gasteiger partial charge in [0.25, 0.3) is 0 Å². The predicted molar refractivity (Wildman–Crippen MR) is 101 cm³/mol. The number of anilines is 1. The summed E-state index contributed by atoms with van der Waals surface area (Å²) >= 11 is 0. The van der Waals surface area contributed by atoms with Crippen molar-refractivity contribution in [1.82, 2.24) is 4.72 Å². The fraction of sp³-hybridized carbons (Fsp3) is 0.235. The van der Waals surface area contributed by atoms with Crippen LogP contribution in [0.5, 0.6) is 11.5 Å². The first-order valence-electron chi connectivity index (χ1n) is 8.13. The zero-order valence-electron chi connectivity index (χ0n) is 15.5. The van der Waals surface area contributed by atoms with E-state index in [0.717, 1.165) is 18.2 Å². The number of hydrogen-bond donors (Lipinski definition) is 2. The lowest BCUT2D eigenvalue weighted by Gasteiger charge is -2.11. The van der Waals surface area contributed by atoms with Crippen molar-refractivity contribution in [1.29, 1.82) is 0 Å². The third-order valence-corrected chi connectivity index (χ3v) is 5.19. The van der Waals surface area contributed by atoms with Crippen LogP contribution >= 0.6 is 0 Å². The molecule has 0 aliphatic heterocycles. The molecule has 0 atom stereocenters. The Bertz CT molecular complexity index is 1030. The van der Waals surface area contributed by atoms with E-state index in [1.807, 2.05) is 0 Å². The quantitative estimate of drug-likeness (QED) is 0.462. The number of hydrogen-bond acceptors (Lipinski definition) is 7. The number of rotatable bonds is 9. The van der Waals surface area contributed by atoms with Gasteiger partial charge in [-0.25, -0.2) is 13.1 Å². The van der Waals surface area contributed by atoms with E-state index < -0.39 is 32.4 Å². The minimum atomic E-state index is -3.91. The number of sulfonamides is 1. The number of nitrogens with one attached hydrogen (secondary N) is 2. The van der Waals surface area contributed by atoms with Crippen molar-refractivity contribution >= 4 is 27.3 Å². The molecular weight excluding hydrogens is 409 g/mol. The van der Waals surface area contributed by atoms with Gasteiger partial charge in [0.05, 0.1) is 24.0 Å². The Hall–Kier alpha value is -3.25. The second-order valence-electron chi connectivity index (χ2n) is 5.64. The Labute approximate surface area is 165 Å².